The summed E-state index contributed by atoms with van der Waals surface area (Å²) in [6.45, 7) is 3.39. The summed E-state index contributed by atoms with van der Waals surface area (Å²) in [5, 5.41) is 0. The zero-order valence-corrected chi connectivity index (χ0v) is 16.5. The molecular formula is C18H31N3O4S. The Kier molecular flexibility index (Phi) is 5.63. The van der Waals surface area contributed by atoms with Crippen molar-refractivity contribution in [3.05, 3.63) is 0 Å². The monoisotopic (exact) mass is 385 g/mol. The molecule has 4 rings (SSSR count). The van der Waals surface area contributed by atoms with E-state index in [-0.39, 0.29) is 17.1 Å². The van der Waals surface area contributed by atoms with Crippen molar-refractivity contribution >= 4 is 21.8 Å². The Balaban J connectivity index is 1.50. The van der Waals surface area contributed by atoms with Crippen LogP contribution in [0.15, 0.2) is 0 Å². The van der Waals surface area contributed by atoms with Crippen LogP contribution >= 0.6 is 0 Å². The number of hydrogen-bond donors (Lipinski definition) is 3. The minimum atomic E-state index is -3.49. The molecule has 4 aliphatic carbocycles. The van der Waals surface area contributed by atoms with Crippen LogP contribution in [-0.4, -0.2) is 32.0 Å². The summed E-state index contributed by atoms with van der Waals surface area (Å²) in [5.74, 6) is 1.29. The van der Waals surface area contributed by atoms with Gasteiger partial charge >= 0.3 is 0 Å². The van der Waals surface area contributed by atoms with Crippen molar-refractivity contribution in [2.24, 2.45) is 23.2 Å². The molecule has 0 radical (unpaired) electrons. The molecule has 0 aliphatic heterocycles. The molecule has 1 atom stereocenters. The highest BCUT2D eigenvalue weighted by Crippen LogP contribution is 2.59. The average Bonchev–Trinajstić information content (AvgIpc) is 2.56. The third-order valence-corrected chi connectivity index (χ3v) is 7.87. The molecule has 4 saturated carbocycles. The van der Waals surface area contributed by atoms with E-state index in [0.717, 1.165) is 25.7 Å². The molecule has 0 saturated heterocycles. The lowest BCUT2D eigenvalue weighted by Gasteiger charge is -2.55. The molecule has 0 aromatic heterocycles. The number of nitrogens with one attached hydrogen (secondary N) is 3. The first-order valence-electron chi connectivity index (χ1n) is 9.83. The quantitative estimate of drug-likeness (QED) is 0.577. The lowest BCUT2D eigenvalue weighted by molar-refractivity contribution is -0.149. The fraction of sp³-hybridized carbons (Fsp3) is 0.889. The second kappa shape index (κ2) is 7.46. The Labute approximate surface area is 156 Å². The molecule has 3 N–H and O–H groups in total. The van der Waals surface area contributed by atoms with Gasteiger partial charge in [0, 0.05) is 0 Å². The van der Waals surface area contributed by atoms with Crippen LogP contribution < -0.4 is 15.6 Å². The van der Waals surface area contributed by atoms with E-state index in [1.165, 1.54) is 26.2 Å². The van der Waals surface area contributed by atoms with Crippen LogP contribution in [0.4, 0.5) is 0 Å². The average molecular weight is 386 g/mol. The maximum Gasteiger partial charge on any atom is 0.256 e. The molecule has 0 heterocycles. The van der Waals surface area contributed by atoms with Gasteiger partial charge in [-0.1, -0.05) is 13.3 Å². The molecule has 7 nitrogen and oxygen atoms in total. The largest absolute Gasteiger partial charge is 0.273 e. The summed E-state index contributed by atoms with van der Waals surface area (Å²) in [6, 6.07) is -0.923. The van der Waals surface area contributed by atoms with E-state index >= 15 is 0 Å². The first-order valence-corrected chi connectivity index (χ1v) is 11.5. The number of hydrogen-bond acceptors (Lipinski definition) is 4. The number of sulfonamides is 1. The number of carbonyl (C=O) groups excluding carboxylic acids is 2. The molecule has 4 aliphatic rings. The lowest BCUT2D eigenvalue weighted by Crippen LogP contribution is -2.58. The summed E-state index contributed by atoms with van der Waals surface area (Å²) in [6.07, 6.45) is 7.80. The molecule has 0 unspecified atom stereocenters. The highest BCUT2D eigenvalue weighted by molar-refractivity contribution is 7.89. The van der Waals surface area contributed by atoms with Gasteiger partial charge in [-0.3, -0.25) is 20.4 Å². The Bertz CT molecular complexity index is 626. The van der Waals surface area contributed by atoms with Crippen molar-refractivity contribution in [1.82, 2.24) is 15.6 Å². The van der Waals surface area contributed by atoms with Gasteiger partial charge in [0.05, 0.1) is 17.2 Å². The van der Waals surface area contributed by atoms with Gasteiger partial charge in [-0.25, -0.2) is 13.1 Å². The standard InChI is InChI=1S/C18H31N3O4S/c1-3-4-5-26(24,25)21-12(2)16(22)19-20-17(23)18-9-13-6-14(10-18)8-15(7-13)11-18/h12-15,21H,3-11H2,1-2H3,(H,19,22)(H,20,23)/t12-,13?,14?,15?,18?/m0/s1. The molecule has 0 spiro atoms. The van der Waals surface area contributed by atoms with E-state index in [1.54, 1.807) is 0 Å². The third kappa shape index (κ3) is 4.22. The van der Waals surface area contributed by atoms with E-state index in [9.17, 15) is 18.0 Å². The van der Waals surface area contributed by atoms with Crippen LogP contribution in [-0.2, 0) is 19.6 Å². The minimum Gasteiger partial charge on any atom is -0.273 e. The van der Waals surface area contributed by atoms with Gasteiger partial charge in [0.1, 0.15) is 0 Å². The van der Waals surface area contributed by atoms with E-state index < -0.39 is 22.0 Å². The Morgan fingerprint density at radius 2 is 1.58 bits per heavy atom. The van der Waals surface area contributed by atoms with Crippen LogP contribution in [0.5, 0.6) is 0 Å². The van der Waals surface area contributed by atoms with Crippen molar-refractivity contribution in [3.63, 3.8) is 0 Å². The molecule has 0 aromatic carbocycles. The number of unbranched alkanes of at least 4 members (excludes halogenated alkanes) is 1. The van der Waals surface area contributed by atoms with E-state index in [4.69, 9.17) is 0 Å². The van der Waals surface area contributed by atoms with Crippen LogP contribution in [0.2, 0.25) is 0 Å². The van der Waals surface area contributed by atoms with Crippen molar-refractivity contribution in [2.75, 3.05) is 5.75 Å². The maximum atomic E-state index is 12.8. The van der Waals surface area contributed by atoms with Crippen molar-refractivity contribution < 1.29 is 18.0 Å². The molecule has 0 aromatic rings. The zero-order chi connectivity index (χ0) is 18.9. The molecule has 2 amide bonds. The Morgan fingerprint density at radius 3 is 2.08 bits per heavy atom. The van der Waals surface area contributed by atoms with Crippen molar-refractivity contribution in [1.29, 1.82) is 0 Å². The van der Waals surface area contributed by atoms with Gasteiger partial charge in [-0.05, 0) is 69.6 Å². The zero-order valence-electron chi connectivity index (χ0n) is 15.7. The van der Waals surface area contributed by atoms with Crippen LogP contribution in [0.25, 0.3) is 0 Å². The van der Waals surface area contributed by atoms with Crippen LogP contribution in [0, 0.1) is 23.2 Å². The third-order valence-electron chi connectivity index (χ3n) is 6.34. The minimum absolute atomic E-state index is 0.000750. The first kappa shape index (κ1) is 19.6. The molecule has 148 valence electrons. The smallest absolute Gasteiger partial charge is 0.256 e. The maximum absolute atomic E-state index is 12.8. The van der Waals surface area contributed by atoms with Gasteiger partial charge < -0.3 is 0 Å². The summed E-state index contributed by atoms with van der Waals surface area (Å²) in [5.41, 5.74) is 4.66. The summed E-state index contributed by atoms with van der Waals surface area (Å²) in [4.78, 5) is 25.0. The fourth-order valence-corrected chi connectivity index (χ4v) is 6.90. The first-order chi connectivity index (χ1) is 12.2. The number of rotatable bonds is 7. The normalized spacial score (nSPS) is 33.7. The number of amides is 2. The highest BCUT2D eigenvalue weighted by Gasteiger charge is 2.54. The lowest BCUT2D eigenvalue weighted by atomic mass is 9.49. The highest BCUT2D eigenvalue weighted by atomic mass is 32.2. The van der Waals surface area contributed by atoms with E-state index in [1.807, 2.05) is 6.92 Å². The Morgan fingerprint density at radius 1 is 1.04 bits per heavy atom. The molecule has 4 fully saturated rings. The predicted octanol–water partition coefficient (Wildman–Crippen LogP) is 1.46. The second-order valence-electron chi connectivity index (χ2n) is 8.65. The molecule has 8 heteroatoms. The van der Waals surface area contributed by atoms with E-state index in [2.05, 4.69) is 15.6 Å². The molecule has 26 heavy (non-hydrogen) atoms. The Hall–Kier alpha value is -1.15. The van der Waals surface area contributed by atoms with Gasteiger partial charge in [0.25, 0.3) is 5.91 Å². The van der Waals surface area contributed by atoms with Crippen LogP contribution in [0.1, 0.15) is 65.2 Å². The fourth-order valence-electron chi connectivity index (χ4n) is 5.46. The van der Waals surface area contributed by atoms with Crippen LogP contribution in [0.3, 0.4) is 0 Å². The van der Waals surface area contributed by atoms with Gasteiger partial charge in [-0.15, -0.1) is 0 Å². The predicted molar refractivity (Wildman–Crippen MR) is 98.2 cm³/mol. The number of hydrazine groups is 1. The molecular weight excluding hydrogens is 354 g/mol. The summed E-state index contributed by atoms with van der Waals surface area (Å²) in [7, 11) is -3.49. The second-order valence-corrected chi connectivity index (χ2v) is 10.5. The molecule has 4 bridgehead atoms. The van der Waals surface area contributed by atoms with Gasteiger partial charge in [-0.2, -0.15) is 0 Å². The van der Waals surface area contributed by atoms with Gasteiger partial charge in [0.2, 0.25) is 15.9 Å². The summed E-state index contributed by atoms with van der Waals surface area (Å²) < 4.78 is 26.1. The number of carbonyl (C=O) groups is 2. The van der Waals surface area contributed by atoms with Gasteiger partial charge in [0.15, 0.2) is 0 Å². The van der Waals surface area contributed by atoms with Crippen molar-refractivity contribution in [3.8, 4) is 0 Å². The SMILES string of the molecule is CCCCS(=O)(=O)N[C@@H](C)C(=O)NNC(=O)C12CC3CC(CC(C3)C1)C2. The topological polar surface area (TPSA) is 104 Å². The van der Waals surface area contributed by atoms with Crippen molar-refractivity contribution in [2.45, 2.75) is 71.3 Å². The van der Waals surface area contributed by atoms with E-state index in [0.29, 0.717) is 24.2 Å². The summed E-state index contributed by atoms with van der Waals surface area (Å²) >= 11 is 0.